The molecule has 0 saturated carbocycles. The number of hydrogen-bond donors (Lipinski definition) is 0. The lowest BCUT2D eigenvalue weighted by Gasteiger charge is -2.11. The van der Waals surface area contributed by atoms with E-state index < -0.39 is 11.3 Å². The maximum absolute atomic E-state index is 12.8. The van der Waals surface area contributed by atoms with Crippen molar-refractivity contribution in [3.05, 3.63) is 99.2 Å². The molecule has 30 heavy (non-hydrogen) atoms. The predicted octanol–water partition coefficient (Wildman–Crippen LogP) is 6.26. The highest BCUT2D eigenvalue weighted by molar-refractivity contribution is 9.10. The molecule has 3 aromatic rings. The van der Waals surface area contributed by atoms with Crippen molar-refractivity contribution < 1.29 is 19.1 Å². The summed E-state index contributed by atoms with van der Waals surface area (Å²) in [5.74, 6) is 0.0221. The second-order valence-corrected chi connectivity index (χ2v) is 8.06. The van der Waals surface area contributed by atoms with Gasteiger partial charge in [-0.2, -0.15) is 0 Å². The Bertz CT molecular complexity index is 1170. The highest BCUT2D eigenvalue weighted by Gasteiger charge is 2.31. The zero-order chi connectivity index (χ0) is 21.3. The van der Waals surface area contributed by atoms with Gasteiger partial charge in [0.1, 0.15) is 11.5 Å². The zero-order valence-corrected chi connectivity index (χ0v) is 18.2. The number of esters is 1. The van der Waals surface area contributed by atoms with Crippen LogP contribution in [0.3, 0.4) is 0 Å². The Hall–Kier alpha value is -2.89. The van der Waals surface area contributed by atoms with Crippen LogP contribution in [-0.4, -0.2) is 11.8 Å². The molecule has 3 aromatic carbocycles. The number of Topliss-reactive ketones (excluding diaryl/α,β-unsaturated/α-hetero) is 1. The van der Waals surface area contributed by atoms with Crippen LogP contribution in [0.1, 0.15) is 32.4 Å². The summed E-state index contributed by atoms with van der Waals surface area (Å²) in [4.78, 5) is 25.3. The standard InChI is InChI=1S/C24H16BrClO4/c1-14-11-17(29-24(28)22(26)15-7-3-2-4-8-15)13-19-21(14)23(27)20(30-19)12-16-9-5-6-10-18(16)25/h2-13,22H,1H3/b20-12-. The van der Waals surface area contributed by atoms with Crippen LogP contribution in [0.2, 0.25) is 0 Å². The molecule has 6 heteroatoms. The molecule has 0 aromatic heterocycles. The van der Waals surface area contributed by atoms with Crippen LogP contribution >= 0.6 is 27.5 Å². The number of fused-ring (bicyclic) bond motifs is 1. The lowest BCUT2D eigenvalue weighted by Crippen LogP contribution is -2.14. The first-order valence-corrected chi connectivity index (χ1v) is 10.4. The summed E-state index contributed by atoms with van der Waals surface area (Å²) in [6.07, 6.45) is 1.68. The van der Waals surface area contributed by atoms with E-state index in [9.17, 15) is 9.59 Å². The van der Waals surface area contributed by atoms with Gasteiger partial charge in [0.2, 0.25) is 5.78 Å². The predicted molar refractivity (Wildman–Crippen MR) is 119 cm³/mol. The smallest absolute Gasteiger partial charge is 0.334 e. The Kier molecular flexibility index (Phi) is 5.75. The Morgan fingerprint density at radius 3 is 2.53 bits per heavy atom. The van der Waals surface area contributed by atoms with Gasteiger partial charge in [-0.3, -0.25) is 4.79 Å². The molecule has 1 aliphatic heterocycles. The van der Waals surface area contributed by atoms with Crippen molar-refractivity contribution in [2.75, 3.05) is 0 Å². The number of rotatable bonds is 4. The molecule has 0 fully saturated rings. The molecule has 1 aliphatic rings. The average Bonchev–Trinajstić information content (AvgIpc) is 3.05. The van der Waals surface area contributed by atoms with Crippen molar-refractivity contribution in [2.45, 2.75) is 12.3 Å². The van der Waals surface area contributed by atoms with Crippen LogP contribution in [0.15, 0.2) is 77.0 Å². The van der Waals surface area contributed by atoms with E-state index in [0.29, 0.717) is 22.4 Å². The van der Waals surface area contributed by atoms with E-state index in [1.165, 1.54) is 6.07 Å². The molecule has 150 valence electrons. The molecule has 0 amide bonds. The van der Waals surface area contributed by atoms with Crippen LogP contribution in [-0.2, 0) is 4.79 Å². The highest BCUT2D eigenvalue weighted by atomic mass is 79.9. The van der Waals surface area contributed by atoms with E-state index in [-0.39, 0.29) is 17.3 Å². The monoisotopic (exact) mass is 482 g/mol. The van der Waals surface area contributed by atoms with E-state index in [1.54, 1.807) is 43.3 Å². The summed E-state index contributed by atoms with van der Waals surface area (Å²) < 4.78 is 12.1. The van der Waals surface area contributed by atoms with Gasteiger partial charge in [0.05, 0.1) is 5.56 Å². The van der Waals surface area contributed by atoms with Crippen molar-refractivity contribution >= 4 is 45.4 Å². The number of ketones is 1. The fourth-order valence-electron chi connectivity index (χ4n) is 3.20. The summed E-state index contributed by atoms with van der Waals surface area (Å²) >= 11 is 9.70. The molecule has 0 radical (unpaired) electrons. The lowest BCUT2D eigenvalue weighted by molar-refractivity contribution is -0.134. The van der Waals surface area contributed by atoms with Gasteiger partial charge in [0.15, 0.2) is 11.1 Å². The number of aryl methyl sites for hydroxylation is 1. The quantitative estimate of drug-likeness (QED) is 0.190. The topological polar surface area (TPSA) is 52.6 Å². The summed E-state index contributed by atoms with van der Waals surface area (Å²) in [6.45, 7) is 1.77. The number of allylic oxidation sites excluding steroid dienone is 1. The Balaban J connectivity index is 1.59. The summed E-state index contributed by atoms with van der Waals surface area (Å²) in [7, 11) is 0. The molecule has 0 spiro atoms. The van der Waals surface area contributed by atoms with Gasteiger partial charge in [0, 0.05) is 10.5 Å². The van der Waals surface area contributed by atoms with Gasteiger partial charge in [-0.1, -0.05) is 64.5 Å². The van der Waals surface area contributed by atoms with E-state index in [2.05, 4.69) is 15.9 Å². The first kappa shape index (κ1) is 20.4. The number of benzene rings is 3. The first-order valence-electron chi connectivity index (χ1n) is 9.18. The summed E-state index contributed by atoms with van der Waals surface area (Å²) in [5, 5.41) is -0.937. The van der Waals surface area contributed by atoms with Gasteiger partial charge < -0.3 is 9.47 Å². The summed E-state index contributed by atoms with van der Waals surface area (Å²) in [6, 6.07) is 19.7. The molecule has 0 bridgehead atoms. The Labute approximate surface area is 187 Å². The molecule has 0 N–H and O–H groups in total. The molecule has 4 rings (SSSR count). The van der Waals surface area contributed by atoms with Crippen molar-refractivity contribution in [1.82, 2.24) is 0 Å². The van der Waals surface area contributed by atoms with E-state index in [1.807, 2.05) is 30.3 Å². The SMILES string of the molecule is Cc1cc(OC(=O)C(Cl)c2ccccc2)cc2c1C(=O)/C(=C/c1ccccc1Br)O2. The van der Waals surface area contributed by atoms with Crippen molar-refractivity contribution in [3.63, 3.8) is 0 Å². The van der Waals surface area contributed by atoms with Crippen molar-refractivity contribution in [3.8, 4) is 11.5 Å². The molecule has 4 nitrogen and oxygen atoms in total. The van der Waals surface area contributed by atoms with Crippen molar-refractivity contribution in [1.29, 1.82) is 0 Å². The fraction of sp³-hybridized carbons (Fsp3) is 0.0833. The van der Waals surface area contributed by atoms with Crippen molar-refractivity contribution in [2.24, 2.45) is 0 Å². The maximum atomic E-state index is 12.8. The van der Waals surface area contributed by atoms with Gasteiger partial charge in [0.25, 0.3) is 0 Å². The minimum atomic E-state index is -0.937. The van der Waals surface area contributed by atoms with Gasteiger partial charge in [-0.25, -0.2) is 4.79 Å². The number of carbonyl (C=O) groups is 2. The number of halogens is 2. The lowest BCUT2D eigenvalue weighted by atomic mass is 10.0. The number of carbonyl (C=O) groups excluding carboxylic acids is 2. The average molecular weight is 484 g/mol. The van der Waals surface area contributed by atoms with Crippen LogP contribution in [0, 0.1) is 6.92 Å². The Morgan fingerprint density at radius 1 is 1.10 bits per heavy atom. The van der Waals surface area contributed by atoms with E-state index >= 15 is 0 Å². The van der Waals surface area contributed by atoms with E-state index in [4.69, 9.17) is 21.1 Å². The second-order valence-electron chi connectivity index (χ2n) is 6.77. The minimum Gasteiger partial charge on any atom is -0.452 e. The third-order valence-electron chi connectivity index (χ3n) is 4.65. The van der Waals surface area contributed by atoms with Crippen LogP contribution in [0.5, 0.6) is 11.5 Å². The highest BCUT2D eigenvalue weighted by Crippen LogP contribution is 2.38. The normalized spacial score (nSPS) is 14.9. The van der Waals surface area contributed by atoms with Crippen LogP contribution in [0.25, 0.3) is 6.08 Å². The van der Waals surface area contributed by atoms with Crippen LogP contribution < -0.4 is 9.47 Å². The van der Waals surface area contributed by atoms with Gasteiger partial charge in [-0.15, -0.1) is 11.6 Å². The minimum absolute atomic E-state index is 0.211. The van der Waals surface area contributed by atoms with Gasteiger partial charge >= 0.3 is 5.97 Å². The second kappa shape index (κ2) is 8.46. The zero-order valence-electron chi connectivity index (χ0n) is 15.9. The molecule has 0 saturated heterocycles. The third-order valence-corrected chi connectivity index (χ3v) is 5.81. The number of alkyl halides is 1. The molecule has 1 atom stereocenters. The van der Waals surface area contributed by atoms with E-state index in [0.717, 1.165) is 10.0 Å². The molecule has 1 unspecified atom stereocenters. The number of hydrogen-bond acceptors (Lipinski definition) is 4. The number of ether oxygens (including phenoxy) is 2. The Morgan fingerprint density at radius 2 is 1.80 bits per heavy atom. The summed E-state index contributed by atoms with van der Waals surface area (Å²) in [5.41, 5.74) is 2.58. The maximum Gasteiger partial charge on any atom is 0.334 e. The molecule has 0 aliphatic carbocycles. The molecular formula is C24H16BrClO4. The molecular weight excluding hydrogens is 468 g/mol. The first-order chi connectivity index (χ1) is 14.4. The van der Waals surface area contributed by atoms with Crippen LogP contribution in [0.4, 0.5) is 0 Å². The fourth-order valence-corrected chi connectivity index (χ4v) is 3.78. The third kappa shape index (κ3) is 4.04. The van der Waals surface area contributed by atoms with Gasteiger partial charge in [-0.05, 0) is 41.8 Å². The largest absolute Gasteiger partial charge is 0.452 e. The molecule has 1 heterocycles.